The van der Waals surface area contributed by atoms with Gasteiger partial charge in [0, 0.05) is 6.07 Å². The Hall–Kier alpha value is -3.27. The molecule has 1 amide bonds. The van der Waals surface area contributed by atoms with Gasteiger partial charge in [-0.05, 0) is 30.7 Å². The quantitative estimate of drug-likeness (QED) is 0.579. The van der Waals surface area contributed by atoms with Gasteiger partial charge in [0.15, 0.2) is 0 Å². The minimum absolute atomic E-state index is 0.0544. The Balaban J connectivity index is 1.86. The lowest BCUT2D eigenvalue weighted by atomic mass is 10.3. The molecule has 3 rings (SSSR count). The minimum atomic E-state index is -4.11. The zero-order valence-corrected chi connectivity index (χ0v) is 16.1. The standard InChI is InChI=1S/C18H19N3O6S/c1-3-10-26-15-6-4-5-7-16(15)28(23,24)27-12-8-9-13-14(11-12)20-17(19-13)21-18(22)25-2/h4-9,11H,3,10H2,1-2H3,(H2,19,20,21,22). The highest BCUT2D eigenvalue weighted by atomic mass is 32.2. The van der Waals surface area contributed by atoms with Gasteiger partial charge in [0.25, 0.3) is 0 Å². The summed E-state index contributed by atoms with van der Waals surface area (Å²) in [4.78, 5) is 18.2. The number of rotatable bonds is 7. The maximum atomic E-state index is 12.7. The van der Waals surface area contributed by atoms with Crippen LogP contribution in [0.5, 0.6) is 11.5 Å². The maximum Gasteiger partial charge on any atom is 0.413 e. The second-order valence-electron chi connectivity index (χ2n) is 5.71. The van der Waals surface area contributed by atoms with Crippen molar-refractivity contribution in [3.63, 3.8) is 0 Å². The maximum absolute atomic E-state index is 12.7. The highest BCUT2D eigenvalue weighted by molar-refractivity contribution is 7.87. The number of carbonyl (C=O) groups excluding carboxylic acids is 1. The van der Waals surface area contributed by atoms with Crippen LogP contribution in [0.4, 0.5) is 10.7 Å². The van der Waals surface area contributed by atoms with Crippen molar-refractivity contribution in [3.05, 3.63) is 42.5 Å². The molecule has 0 unspecified atom stereocenters. The molecule has 0 radical (unpaired) electrons. The van der Waals surface area contributed by atoms with E-state index in [2.05, 4.69) is 20.0 Å². The molecule has 0 aliphatic heterocycles. The van der Waals surface area contributed by atoms with Crippen molar-refractivity contribution in [2.75, 3.05) is 19.0 Å². The number of imidazole rings is 1. The fourth-order valence-electron chi connectivity index (χ4n) is 2.41. The number of ether oxygens (including phenoxy) is 2. The molecule has 0 fully saturated rings. The van der Waals surface area contributed by atoms with E-state index in [1.807, 2.05) is 6.92 Å². The molecular formula is C18H19N3O6S. The van der Waals surface area contributed by atoms with E-state index in [9.17, 15) is 13.2 Å². The van der Waals surface area contributed by atoms with E-state index in [0.29, 0.717) is 17.6 Å². The summed E-state index contributed by atoms with van der Waals surface area (Å²) in [6.07, 6.45) is 0.0648. The van der Waals surface area contributed by atoms with Crippen LogP contribution in [0, 0.1) is 0 Å². The Morgan fingerprint density at radius 1 is 1.21 bits per heavy atom. The lowest BCUT2D eigenvalue weighted by Crippen LogP contribution is -2.12. The third-order valence-corrected chi connectivity index (χ3v) is 4.93. The predicted molar refractivity (Wildman–Crippen MR) is 102 cm³/mol. The molecule has 0 saturated carbocycles. The van der Waals surface area contributed by atoms with Gasteiger partial charge in [0.2, 0.25) is 5.95 Å². The average molecular weight is 405 g/mol. The van der Waals surface area contributed by atoms with Gasteiger partial charge in [0.1, 0.15) is 16.4 Å². The van der Waals surface area contributed by atoms with E-state index < -0.39 is 16.2 Å². The number of H-pyrrole nitrogens is 1. The van der Waals surface area contributed by atoms with E-state index in [1.165, 1.54) is 25.3 Å². The highest BCUT2D eigenvalue weighted by Gasteiger charge is 2.22. The van der Waals surface area contributed by atoms with Gasteiger partial charge in [0.05, 0.1) is 24.8 Å². The van der Waals surface area contributed by atoms with Gasteiger partial charge in [-0.1, -0.05) is 19.1 Å². The monoisotopic (exact) mass is 405 g/mol. The number of methoxy groups -OCH3 is 1. The summed E-state index contributed by atoms with van der Waals surface area (Å²) in [6, 6.07) is 10.8. The third-order valence-electron chi connectivity index (χ3n) is 3.65. The van der Waals surface area contributed by atoms with Crippen LogP contribution in [-0.2, 0) is 14.9 Å². The van der Waals surface area contributed by atoms with Crippen molar-refractivity contribution >= 4 is 33.2 Å². The summed E-state index contributed by atoms with van der Waals surface area (Å²) in [5.41, 5.74) is 0.998. The Bertz CT molecular complexity index is 1090. The largest absolute Gasteiger partial charge is 0.492 e. The fourth-order valence-corrected chi connectivity index (χ4v) is 3.47. The van der Waals surface area contributed by atoms with Crippen LogP contribution >= 0.6 is 0 Å². The topological polar surface area (TPSA) is 120 Å². The number of benzene rings is 2. The number of hydrogen-bond donors (Lipinski definition) is 2. The van der Waals surface area contributed by atoms with E-state index >= 15 is 0 Å². The normalized spacial score (nSPS) is 11.2. The van der Waals surface area contributed by atoms with Gasteiger partial charge >= 0.3 is 16.2 Å². The van der Waals surface area contributed by atoms with Crippen LogP contribution in [0.3, 0.4) is 0 Å². The van der Waals surface area contributed by atoms with E-state index in [4.69, 9.17) is 8.92 Å². The van der Waals surface area contributed by atoms with Crippen LogP contribution in [0.15, 0.2) is 47.4 Å². The molecule has 0 aliphatic carbocycles. The Labute approximate surface area is 161 Å². The minimum Gasteiger partial charge on any atom is -0.492 e. The van der Waals surface area contributed by atoms with Crippen molar-refractivity contribution in [1.82, 2.24) is 9.97 Å². The SMILES string of the molecule is CCCOc1ccccc1S(=O)(=O)Oc1ccc2nc(NC(=O)OC)[nH]c2c1. The number of nitrogens with one attached hydrogen (secondary N) is 2. The first-order valence-electron chi connectivity index (χ1n) is 8.44. The molecule has 1 heterocycles. The average Bonchev–Trinajstić information content (AvgIpc) is 3.07. The molecule has 28 heavy (non-hydrogen) atoms. The first-order chi connectivity index (χ1) is 13.4. The van der Waals surface area contributed by atoms with Crippen molar-refractivity contribution < 1.29 is 26.9 Å². The molecular weight excluding hydrogens is 386 g/mol. The Morgan fingerprint density at radius 2 is 2.00 bits per heavy atom. The Morgan fingerprint density at radius 3 is 2.75 bits per heavy atom. The molecule has 10 heteroatoms. The Kier molecular flexibility index (Phi) is 5.69. The van der Waals surface area contributed by atoms with Gasteiger partial charge in [-0.2, -0.15) is 8.42 Å². The van der Waals surface area contributed by atoms with E-state index in [0.717, 1.165) is 6.42 Å². The van der Waals surface area contributed by atoms with E-state index in [1.54, 1.807) is 24.3 Å². The molecule has 2 aromatic carbocycles. The number of aromatic amines is 1. The second kappa shape index (κ2) is 8.17. The first-order valence-corrected chi connectivity index (χ1v) is 9.85. The summed E-state index contributed by atoms with van der Waals surface area (Å²) in [5, 5.41) is 2.40. The van der Waals surface area contributed by atoms with Crippen LogP contribution in [0.2, 0.25) is 0 Å². The van der Waals surface area contributed by atoms with Gasteiger partial charge in [-0.15, -0.1) is 0 Å². The molecule has 0 spiro atoms. The molecule has 1 aromatic heterocycles. The molecule has 148 valence electrons. The number of hydrogen-bond acceptors (Lipinski definition) is 7. The molecule has 3 aromatic rings. The smallest absolute Gasteiger partial charge is 0.413 e. The zero-order chi connectivity index (χ0) is 20.1. The highest BCUT2D eigenvalue weighted by Crippen LogP contribution is 2.28. The van der Waals surface area contributed by atoms with Crippen LogP contribution in [0.25, 0.3) is 11.0 Å². The molecule has 2 N–H and O–H groups in total. The summed E-state index contributed by atoms with van der Waals surface area (Å²) in [6.45, 7) is 2.32. The molecule has 0 bridgehead atoms. The van der Waals surface area contributed by atoms with Gasteiger partial charge < -0.3 is 18.6 Å². The van der Waals surface area contributed by atoms with Crippen LogP contribution < -0.4 is 14.2 Å². The lowest BCUT2D eigenvalue weighted by molar-refractivity contribution is 0.186. The molecule has 9 nitrogen and oxygen atoms in total. The molecule has 0 atom stereocenters. The summed E-state index contributed by atoms with van der Waals surface area (Å²) >= 11 is 0. The van der Waals surface area contributed by atoms with Crippen molar-refractivity contribution in [2.45, 2.75) is 18.2 Å². The predicted octanol–water partition coefficient (Wildman–Crippen LogP) is 3.30. The number of anilines is 1. The first kappa shape index (κ1) is 19.5. The molecule has 0 aliphatic rings. The molecule has 0 saturated heterocycles. The number of para-hydroxylation sites is 1. The number of carbonyl (C=O) groups is 1. The zero-order valence-electron chi connectivity index (χ0n) is 15.3. The van der Waals surface area contributed by atoms with Gasteiger partial charge in [-0.3, -0.25) is 5.32 Å². The summed E-state index contributed by atoms with van der Waals surface area (Å²) in [7, 11) is -2.88. The van der Waals surface area contributed by atoms with Crippen molar-refractivity contribution in [3.8, 4) is 11.5 Å². The van der Waals surface area contributed by atoms with E-state index in [-0.39, 0.29) is 22.3 Å². The van der Waals surface area contributed by atoms with Gasteiger partial charge in [-0.25, -0.2) is 9.78 Å². The number of amides is 1. The second-order valence-corrected chi connectivity index (χ2v) is 7.23. The number of fused-ring (bicyclic) bond motifs is 1. The summed E-state index contributed by atoms with van der Waals surface area (Å²) in [5.74, 6) is 0.489. The number of nitrogens with zero attached hydrogens (tertiary/aromatic N) is 1. The number of aromatic nitrogens is 2. The van der Waals surface area contributed by atoms with Crippen molar-refractivity contribution in [2.24, 2.45) is 0 Å². The summed E-state index contributed by atoms with van der Waals surface area (Å²) < 4.78 is 40.7. The lowest BCUT2D eigenvalue weighted by Gasteiger charge is -2.12. The van der Waals surface area contributed by atoms with Crippen LogP contribution in [0.1, 0.15) is 13.3 Å². The third kappa shape index (κ3) is 4.34. The fraction of sp³-hybridized carbons (Fsp3) is 0.222. The van der Waals surface area contributed by atoms with Crippen LogP contribution in [-0.4, -0.2) is 38.2 Å². The van der Waals surface area contributed by atoms with Crippen molar-refractivity contribution in [1.29, 1.82) is 0 Å².